The van der Waals surface area contributed by atoms with Crippen molar-refractivity contribution in [2.75, 3.05) is 18.0 Å². The third kappa shape index (κ3) is 3.23. The average Bonchev–Trinajstić information content (AvgIpc) is 2.99. The third-order valence-electron chi connectivity index (χ3n) is 5.42. The third-order valence-corrected chi connectivity index (χ3v) is 5.58. The second kappa shape index (κ2) is 6.22. The summed E-state index contributed by atoms with van der Waals surface area (Å²) in [6.07, 6.45) is 3.24. The Morgan fingerprint density at radius 3 is 2.56 bits per heavy atom. The van der Waals surface area contributed by atoms with Crippen molar-refractivity contribution in [3.63, 3.8) is 0 Å². The van der Waals surface area contributed by atoms with Crippen molar-refractivity contribution in [1.82, 2.24) is 9.97 Å². The molecule has 2 aromatic rings. The number of aromatic nitrogens is 2. The first-order chi connectivity index (χ1) is 11.9. The minimum Gasteiger partial charge on any atom is -0.390 e. The molecule has 1 aromatic carbocycles. The van der Waals surface area contributed by atoms with Gasteiger partial charge in [-0.25, -0.2) is 14.4 Å². The van der Waals surface area contributed by atoms with Crippen molar-refractivity contribution in [3.8, 4) is 0 Å². The molecule has 1 atom stereocenters. The lowest BCUT2D eigenvalue weighted by molar-refractivity contribution is 0.0350. The van der Waals surface area contributed by atoms with E-state index in [9.17, 15) is 9.50 Å². The van der Waals surface area contributed by atoms with E-state index < -0.39 is 5.60 Å². The normalized spacial score (nSPS) is 22.1. The number of benzene rings is 1. The largest absolute Gasteiger partial charge is 0.390 e. The molecule has 0 amide bonds. The van der Waals surface area contributed by atoms with E-state index in [0.29, 0.717) is 12.8 Å². The van der Waals surface area contributed by atoms with E-state index in [-0.39, 0.29) is 17.0 Å². The minimum atomic E-state index is -0.604. The number of anilines is 1. The first-order valence-corrected chi connectivity index (χ1v) is 9.10. The van der Waals surface area contributed by atoms with Gasteiger partial charge in [-0.2, -0.15) is 0 Å². The maximum Gasteiger partial charge on any atom is 0.224 e. The molecule has 1 N–H and O–H groups in total. The van der Waals surface area contributed by atoms with Gasteiger partial charge in [0.05, 0.1) is 11.3 Å². The molecule has 1 unspecified atom stereocenters. The summed E-state index contributed by atoms with van der Waals surface area (Å²) in [6.45, 7) is 3.40. The molecule has 0 bridgehead atoms. The van der Waals surface area contributed by atoms with E-state index in [0.717, 1.165) is 48.6 Å². The van der Waals surface area contributed by atoms with Crippen molar-refractivity contribution in [2.45, 2.75) is 44.1 Å². The molecule has 1 fully saturated rings. The Labute approximate surface area is 151 Å². The topological polar surface area (TPSA) is 49.2 Å². The van der Waals surface area contributed by atoms with Gasteiger partial charge >= 0.3 is 0 Å². The van der Waals surface area contributed by atoms with Crippen LogP contribution >= 0.6 is 11.6 Å². The zero-order valence-electron chi connectivity index (χ0n) is 14.2. The Kier molecular flexibility index (Phi) is 4.16. The first-order valence-electron chi connectivity index (χ1n) is 8.72. The summed E-state index contributed by atoms with van der Waals surface area (Å²) in [5.41, 5.74) is 2.55. The van der Waals surface area contributed by atoms with Crippen LogP contribution in [0, 0.1) is 5.82 Å². The molecule has 0 saturated carbocycles. The van der Waals surface area contributed by atoms with Gasteiger partial charge in [-0.3, -0.25) is 0 Å². The van der Waals surface area contributed by atoms with Gasteiger partial charge in [0.1, 0.15) is 11.6 Å². The molecular weight excluding hydrogens is 341 g/mol. The second-order valence-electron chi connectivity index (χ2n) is 7.31. The fourth-order valence-corrected chi connectivity index (χ4v) is 4.07. The lowest BCUT2D eigenvalue weighted by Gasteiger charge is -2.37. The standard InChI is InChI=1S/C19H21ClFN3O/c1-19(25)8-10-24(11-9-19)17-15-7-6-14(16(15)22-18(20)23-17)12-2-4-13(21)5-3-12/h2-5,14,25H,6-11H2,1H3. The number of rotatable bonds is 2. The number of aliphatic hydroxyl groups is 1. The van der Waals surface area contributed by atoms with Crippen LogP contribution in [0.5, 0.6) is 0 Å². The van der Waals surface area contributed by atoms with Crippen LogP contribution in [0.25, 0.3) is 0 Å². The Hall–Kier alpha value is -1.72. The fraction of sp³-hybridized carbons (Fsp3) is 0.474. The summed E-state index contributed by atoms with van der Waals surface area (Å²) in [5.74, 6) is 0.793. The molecule has 1 saturated heterocycles. The van der Waals surface area contributed by atoms with Gasteiger partial charge in [-0.1, -0.05) is 12.1 Å². The molecule has 25 heavy (non-hydrogen) atoms. The average molecular weight is 362 g/mol. The molecule has 4 nitrogen and oxygen atoms in total. The van der Waals surface area contributed by atoms with Gasteiger partial charge in [0.15, 0.2) is 0 Å². The fourth-order valence-electron chi connectivity index (χ4n) is 3.90. The van der Waals surface area contributed by atoms with Crippen LogP contribution in [-0.2, 0) is 6.42 Å². The Bertz CT molecular complexity index is 784. The van der Waals surface area contributed by atoms with Crippen molar-refractivity contribution in [1.29, 1.82) is 0 Å². The molecule has 2 heterocycles. The van der Waals surface area contributed by atoms with Crippen LogP contribution in [0.1, 0.15) is 48.9 Å². The SMILES string of the molecule is CC1(O)CCN(c2nc(Cl)nc3c2CCC3c2ccc(F)cc2)CC1. The highest BCUT2D eigenvalue weighted by atomic mass is 35.5. The van der Waals surface area contributed by atoms with Crippen LogP contribution in [0.4, 0.5) is 10.2 Å². The number of piperidine rings is 1. The van der Waals surface area contributed by atoms with E-state index in [4.69, 9.17) is 11.6 Å². The van der Waals surface area contributed by atoms with Crippen LogP contribution in [0.2, 0.25) is 5.28 Å². The highest BCUT2D eigenvalue weighted by Gasteiger charge is 2.34. The van der Waals surface area contributed by atoms with Crippen molar-refractivity contribution in [3.05, 3.63) is 52.2 Å². The Morgan fingerprint density at radius 1 is 1.20 bits per heavy atom. The van der Waals surface area contributed by atoms with Gasteiger partial charge in [-0.15, -0.1) is 0 Å². The summed E-state index contributed by atoms with van der Waals surface area (Å²) in [5, 5.41) is 10.4. The van der Waals surface area contributed by atoms with Crippen LogP contribution < -0.4 is 4.90 Å². The van der Waals surface area contributed by atoms with Gasteiger partial charge in [0, 0.05) is 24.6 Å². The monoisotopic (exact) mass is 361 g/mol. The molecule has 1 aromatic heterocycles. The van der Waals surface area contributed by atoms with Crippen LogP contribution in [0.15, 0.2) is 24.3 Å². The summed E-state index contributed by atoms with van der Waals surface area (Å²) in [7, 11) is 0. The molecule has 6 heteroatoms. The van der Waals surface area contributed by atoms with Gasteiger partial charge < -0.3 is 10.0 Å². The van der Waals surface area contributed by atoms with E-state index >= 15 is 0 Å². The molecule has 0 spiro atoms. The zero-order valence-corrected chi connectivity index (χ0v) is 14.9. The molecule has 2 aliphatic rings. The Balaban J connectivity index is 1.68. The van der Waals surface area contributed by atoms with Crippen molar-refractivity contribution >= 4 is 17.4 Å². The summed E-state index contributed by atoms with van der Waals surface area (Å²) in [6, 6.07) is 6.62. The van der Waals surface area contributed by atoms with Gasteiger partial charge in [0.2, 0.25) is 5.28 Å². The maximum atomic E-state index is 13.2. The zero-order chi connectivity index (χ0) is 17.6. The van der Waals surface area contributed by atoms with Crippen LogP contribution in [-0.4, -0.2) is 33.8 Å². The smallest absolute Gasteiger partial charge is 0.224 e. The number of nitrogens with zero attached hydrogens (tertiary/aromatic N) is 3. The highest BCUT2D eigenvalue weighted by Crippen LogP contribution is 2.41. The van der Waals surface area contributed by atoms with Crippen molar-refractivity contribution in [2.24, 2.45) is 0 Å². The number of hydrogen-bond acceptors (Lipinski definition) is 4. The Morgan fingerprint density at radius 2 is 1.88 bits per heavy atom. The van der Waals surface area contributed by atoms with E-state index in [1.54, 1.807) is 0 Å². The highest BCUT2D eigenvalue weighted by molar-refractivity contribution is 6.28. The first kappa shape index (κ1) is 16.7. The lowest BCUT2D eigenvalue weighted by Crippen LogP contribution is -2.43. The molecular formula is C19H21ClFN3O. The van der Waals surface area contributed by atoms with E-state index in [1.165, 1.54) is 12.1 Å². The molecule has 0 radical (unpaired) electrons. The maximum absolute atomic E-state index is 13.2. The summed E-state index contributed by atoms with van der Waals surface area (Å²) >= 11 is 6.22. The lowest BCUT2D eigenvalue weighted by atomic mass is 9.93. The minimum absolute atomic E-state index is 0.128. The molecule has 1 aliphatic carbocycles. The molecule has 4 rings (SSSR count). The number of fused-ring (bicyclic) bond motifs is 1. The predicted octanol–water partition coefficient (Wildman–Crippen LogP) is 3.70. The van der Waals surface area contributed by atoms with Gasteiger partial charge in [-0.05, 0) is 61.9 Å². The number of halogens is 2. The quantitative estimate of drug-likeness (QED) is 0.829. The van der Waals surface area contributed by atoms with E-state index in [2.05, 4.69) is 14.9 Å². The number of hydrogen-bond donors (Lipinski definition) is 1. The van der Waals surface area contributed by atoms with Crippen LogP contribution in [0.3, 0.4) is 0 Å². The molecule has 1 aliphatic heterocycles. The predicted molar refractivity (Wildman–Crippen MR) is 95.7 cm³/mol. The summed E-state index contributed by atoms with van der Waals surface area (Å²) in [4.78, 5) is 11.2. The van der Waals surface area contributed by atoms with Crippen molar-refractivity contribution < 1.29 is 9.50 Å². The summed E-state index contributed by atoms with van der Waals surface area (Å²) < 4.78 is 13.2. The molecule has 132 valence electrons. The second-order valence-corrected chi connectivity index (χ2v) is 7.64. The van der Waals surface area contributed by atoms with E-state index in [1.807, 2.05) is 19.1 Å². The van der Waals surface area contributed by atoms with Gasteiger partial charge in [0.25, 0.3) is 0 Å².